The van der Waals surface area contributed by atoms with Crippen LogP contribution in [-0.4, -0.2) is 35.2 Å². The first-order valence-corrected chi connectivity index (χ1v) is 9.06. The lowest BCUT2D eigenvalue weighted by molar-refractivity contribution is 0.371. The van der Waals surface area contributed by atoms with E-state index in [0.717, 1.165) is 0 Å². The summed E-state index contributed by atoms with van der Waals surface area (Å²) < 4.78 is 28.5. The van der Waals surface area contributed by atoms with Gasteiger partial charge in [0.2, 0.25) is 0 Å². The van der Waals surface area contributed by atoms with Crippen molar-refractivity contribution in [3.05, 3.63) is 16.7 Å². The summed E-state index contributed by atoms with van der Waals surface area (Å²) in [5.74, 6) is 0.142. The van der Waals surface area contributed by atoms with Crippen molar-refractivity contribution < 1.29 is 8.42 Å². The SMILES string of the molecule is CC(C)CN(CCC#N)S(=O)(=O)c1c(Cl)nc2sccn12. The molecule has 6 nitrogen and oxygen atoms in total. The summed E-state index contributed by atoms with van der Waals surface area (Å²) in [5.41, 5.74) is 0. The molecule has 2 aromatic heterocycles. The highest BCUT2D eigenvalue weighted by Crippen LogP contribution is 2.28. The number of nitriles is 1. The molecule has 0 spiro atoms. The zero-order chi connectivity index (χ0) is 15.6. The highest BCUT2D eigenvalue weighted by Gasteiger charge is 2.31. The van der Waals surface area contributed by atoms with Crippen LogP contribution in [-0.2, 0) is 10.0 Å². The Balaban J connectivity index is 2.49. The van der Waals surface area contributed by atoms with Crippen molar-refractivity contribution in [2.75, 3.05) is 13.1 Å². The number of imidazole rings is 1. The van der Waals surface area contributed by atoms with Gasteiger partial charge in [0, 0.05) is 31.1 Å². The number of hydrogen-bond acceptors (Lipinski definition) is 5. The van der Waals surface area contributed by atoms with E-state index in [1.165, 1.54) is 20.0 Å². The second-order valence-electron chi connectivity index (χ2n) is 4.93. The van der Waals surface area contributed by atoms with Crippen LogP contribution in [0.3, 0.4) is 0 Å². The number of thiazole rings is 1. The molecule has 9 heteroatoms. The lowest BCUT2D eigenvalue weighted by atomic mass is 10.2. The van der Waals surface area contributed by atoms with Gasteiger partial charge in [-0.25, -0.2) is 13.4 Å². The quantitative estimate of drug-likeness (QED) is 0.805. The molecule has 0 atom stereocenters. The number of halogens is 1. The Hall–Kier alpha value is -1.14. The van der Waals surface area contributed by atoms with Crippen molar-refractivity contribution >= 4 is 37.9 Å². The Morgan fingerprint density at radius 1 is 1.57 bits per heavy atom. The zero-order valence-electron chi connectivity index (χ0n) is 11.7. The molecule has 0 N–H and O–H groups in total. The van der Waals surface area contributed by atoms with Crippen LogP contribution >= 0.6 is 22.9 Å². The van der Waals surface area contributed by atoms with E-state index < -0.39 is 10.0 Å². The molecule has 2 aromatic rings. The number of nitrogens with zero attached hydrogens (tertiary/aromatic N) is 4. The fourth-order valence-corrected chi connectivity index (χ4v) is 4.99. The molecular weight excluding hydrogens is 332 g/mol. The molecule has 0 saturated carbocycles. The third kappa shape index (κ3) is 3.21. The Kier molecular flexibility index (Phi) is 4.88. The molecule has 0 radical (unpaired) electrons. The summed E-state index contributed by atoms with van der Waals surface area (Å²) >= 11 is 7.33. The molecule has 0 aliphatic heterocycles. The molecule has 0 amide bonds. The highest BCUT2D eigenvalue weighted by atomic mass is 35.5. The number of hydrogen-bond donors (Lipinski definition) is 0. The van der Waals surface area contributed by atoms with Crippen LogP contribution in [0.1, 0.15) is 20.3 Å². The van der Waals surface area contributed by atoms with E-state index in [2.05, 4.69) is 4.98 Å². The fourth-order valence-electron chi connectivity index (χ4n) is 1.98. The third-order valence-corrected chi connectivity index (χ3v) is 5.83. The van der Waals surface area contributed by atoms with Crippen LogP contribution in [0.4, 0.5) is 0 Å². The summed E-state index contributed by atoms with van der Waals surface area (Å²) in [6.45, 7) is 4.32. The van der Waals surface area contributed by atoms with Gasteiger partial charge in [0.05, 0.1) is 6.07 Å². The topological polar surface area (TPSA) is 78.5 Å². The van der Waals surface area contributed by atoms with E-state index in [-0.39, 0.29) is 29.1 Å². The molecule has 0 saturated heterocycles. The predicted molar refractivity (Wildman–Crippen MR) is 81.9 cm³/mol. The van der Waals surface area contributed by atoms with Crippen LogP contribution in [0.5, 0.6) is 0 Å². The second kappa shape index (κ2) is 6.32. The van der Waals surface area contributed by atoms with Crippen molar-refractivity contribution in [3.8, 4) is 6.07 Å². The van der Waals surface area contributed by atoms with Crippen molar-refractivity contribution in [2.24, 2.45) is 5.92 Å². The molecule has 0 aromatic carbocycles. The Labute approximate surface area is 132 Å². The van der Waals surface area contributed by atoms with E-state index in [9.17, 15) is 8.42 Å². The Morgan fingerprint density at radius 3 is 2.90 bits per heavy atom. The van der Waals surface area contributed by atoms with Gasteiger partial charge in [0.1, 0.15) is 0 Å². The monoisotopic (exact) mass is 346 g/mol. The van der Waals surface area contributed by atoms with E-state index in [4.69, 9.17) is 16.9 Å². The van der Waals surface area contributed by atoms with Crippen LogP contribution in [0.2, 0.25) is 5.15 Å². The Bertz CT molecular complexity index is 773. The smallest absolute Gasteiger partial charge is 0.262 e. The summed E-state index contributed by atoms with van der Waals surface area (Å²) in [4.78, 5) is 4.59. The van der Waals surface area contributed by atoms with Crippen LogP contribution in [0, 0.1) is 17.2 Å². The van der Waals surface area contributed by atoms with Gasteiger partial charge in [-0.2, -0.15) is 9.57 Å². The fraction of sp³-hybridized carbons (Fsp3) is 0.500. The molecule has 21 heavy (non-hydrogen) atoms. The van der Waals surface area contributed by atoms with Crippen LogP contribution in [0.15, 0.2) is 16.6 Å². The number of aromatic nitrogens is 2. The van der Waals surface area contributed by atoms with Crippen molar-refractivity contribution in [1.82, 2.24) is 13.7 Å². The van der Waals surface area contributed by atoms with E-state index in [0.29, 0.717) is 11.5 Å². The summed E-state index contributed by atoms with van der Waals surface area (Å²) in [5, 5.41) is 10.4. The lowest BCUT2D eigenvalue weighted by Crippen LogP contribution is -2.35. The van der Waals surface area contributed by atoms with E-state index in [1.807, 2.05) is 19.9 Å². The number of rotatable bonds is 6. The highest BCUT2D eigenvalue weighted by molar-refractivity contribution is 7.89. The number of sulfonamides is 1. The summed E-state index contributed by atoms with van der Waals surface area (Å²) in [6.07, 6.45) is 1.76. The van der Waals surface area contributed by atoms with Gasteiger partial charge >= 0.3 is 0 Å². The average molecular weight is 347 g/mol. The van der Waals surface area contributed by atoms with Gasteiger partial charge in [0.15, 0.2) is 15.1 Å². The van der Waals surface area contributed by atoms with E-state index in [1.54, 1.807) is 11.6 Å². The molecule has 0 fully saturated rings. The van der Waals surface area contributed by atoms with Gasteiger partial charge < -0.3 is 0 Å². The molecular formula is C12H15ClN4O2S2. The van der Waals surface area contributed by atoms with E-state index >= 15 is 0 Å². The molecule has 0 aliphatic carbocycles. The van der Waals surface area contributed by atoms with Crippen molar-refractivity contribution in [3.63, 3.8) is 0 Å². The maximum atomic E-state index is 12.8. The number of fused-ring (bicyclic) bond motifs is 1. The van der Waals surface area contributed by atoms with Crippen LogP contribution in [0.25, 0.3) is 4.96 Å². The first-order valence-electron chi connectivity index (χ1n) is 6.36. The van der Waals surface area contributed by atoms with Gasteiger partial charge in [-0.05, 0) is 5.92 Å². The van der Waals surface area contributed by atoms with Gasteiger partial charge in [-0.15, -0.1) is 11.3 Å². The molecule has 0 unspecified atom stereocenters. The van der Waals surface area contributed by atoms with Gasteiger partial charge in [0.25, 0.3) is 10.0 Å². The Morgan fingerprint density at radius 2 is 2.29 bits per heavy atom. The maximum Gasteiger partial charge on any atom is 0.262 e. The summed E-state index contributed by atoms with van der Waals surface area (Å²) in [7, 11) is -3.79. The van der Waals surface area contributed by atoms with Gasteiger partial charge in [-0.1, -0.05) is 25.4 Å². The third-order valence-electron chi connectivity index (χ3n) is 2.80. The maximum absolute atomic E-state index is 12.8. The normalized spacial score (nSPS) is 12.4. The minimum Gasteiger partial charge on any atom is -0.279 e. The standard InChI is InChI=1S/C12H15ClN4O2S2/c1-9(2)8-16(5-3-4-14)21(18,19)11-10(13)15-12-17(11)6-7-20-12/h6-7,9H,3,5,8H2,1-2H3. The predicted octanol–water partition coefficient (Wildman–Crippen LogP) is 2.61. The molecule has 2 heterocycles. The largest absolute Gasteiger partial charge is 0.279 e. The van der Waals surface area contributed by atoms with Gasteiger partial charge in [-0.3, -0.25) is 4.40 Å². The zero-order valence-corrected chi connectivity index (χ0v) is 14.0. The molecule has 0 aliphatic rings. The minimum atomic E-state index is -3.79. The lowest BCUT2D eigenvalue weighted by Gasteiger charge is -2.22. The first-order chi connectivity index (χ1) is 9.87. The van der Waals surface area contributed by atoms with Crippen molar-refractivity contribution in [1.29, 1.82) is 5.26 Å². The first kappa shape index (κ1) is 16.2. The molecule has 114 valence electrons. The summed E-state index contributed by atoms with van der Waals surface area (Å²) in [6, 6.07) is 1.98. The average Bonchev–Trinajstić information content (AvgIpc) is 2.92. The van der Waals surface area contributed by atoms with Crippen LogP contribution < -0.4 is 0 Å². The molecule has 0 bridgehead atoms. The second-order valence-corrected chi connectivity index (χ2v) is 8.01. The van der Waals surface area contributed by atoms with Crippen molar-refractivity contribution in [2.45, 2.75) is 25.3 Å². The molecule has 2 rings (SSSR count). The minimum absolute atomic E-state index is 0.0287.